The van der Waals surface area contributed by atoms with Crippen LogP contribution in [0.25, 0.3) is 0 Å². The lowest BCUT2D eigenvalue weighted by Gasteiger charge is -2.50. The fourth-order valence-electron chi connectivity index (χ4n) is 3.37. The molecule has 2 rings (SSSR count). The molecule has 0 radical (unpaired) electrons. The summed E-state index contributed by atoms with van der Waals surface area (Å²) in [6.45, 7) is 16.5. The molecule has 0 aliphatic carbocycles. The summed E-state index contributed by atoms with van der Waals surface area (Å²) in [5.74, 6) is 0.0494. The Bertz CT molecular complexity index is 414. The van der Waals surface area contributed by atoms with Gasteiger partial charge in [0.25, 0.3) is 5.91 Å². The highest BCUT2D eigenvalue weighted by molar-refractivity contribution is 5.83. The van der Waals surface area contributed by atoms with Crippen LogP contribution in [0, 0.1) is 0 Å². The van der Waals surface area contributed by atoms with E-state index in [0.29, 0.717) is 6.54 Å². The van der Waals surface area contributed by atoms with Gasteiger partial charge in [0.15, 0.2) is 6.10 Å². The number of rotatable bonds is 6. The van der Waals surface area contributed by atoms with E-state index in [1.54, 1.807) is 6.08 Å². The smallest absolute Gasteiger partial charge is 0.256 e. The zero-order chi connectivity index (χ0) is 17.0. The molecule has 2 heterocycles. The standard InChI is InChI=1S/C18H32N2O3/c1-6-16-17(21)20(14(2)3)13-18(23-16)7-9-19(10-8-18)11-12-22-15(4)5/h6,14-16H,1,7-13H2,2-5H3/t16-/m0/s1. The molecule has 0 aromatic carbocycles. The summed E-state index contributed by atoms with van der Waals surface area (Å²) in [5, 5.41) is 0. The van der Waals surface area contributed by atoms with Crippen LogP contribution in [0.5, 0.6) is 0 Å². The molecule has 2 saturated heterocycles. The second-order valence-electron chi connectivity index (χ2n) is 7.28. The molecule has 2 aliphatic heterocycles. The van der Waals surface area contributed by atoms with Gasteiger partial charge in [0, 0.05) is 25.7 Å². The second-order valence-corrected chi connectivity index (χ2v) is 7.28. The van der Waals surface area contributed by atoms with Crippen LogP contribution in [-0.2, 0) is 14.3 Å². The van der Waals surface area contributed by atoms with E-state index in [1.807, 2.05) is 4.90 Å². The number of carbonyl (C=O) groups excluding carboxylic acids is 1. The van der Waals surface area contributed by atoms with Crippen LogP contribution >= 0.6 is 0 Å². The maximum atomic E-state index is 12.4. The van der Waals surface area contributed by atoms with Gasteiger partial charge in [0.2, 0.25) is 0 Å². The Morgan fingerprint density at radius 2 is 2.00 bits per heavy atom. The van der Waals surface area contributed by atoms with Crippen molar-refractivity contribution >= 4 is 5.91 Å². The Morgan fingerprint density at radius 1 is 1.35 bits per heavy atom. The monoisotopic (exact) mass is 324 g/mol. The third-order valence-electron chi connectivity index (χ3n) is 4.83. The first-order valence-electron chi connectivity index (χ1n) is 8.82. The second kappa shape index (κ2) is 7.77. The molecule has 5 nitrogen and oxygen atoms in total. The Kier molecular flexibility index (Phi) is 6.23. The van der Waals surface area contributed by atoms with Crippen molar-refractivity contribution in [3.63, 3.8) is 0 Å². The Morgan fingerprint density at radius 3 is 2.52 bits per heavy atom. The van der Waals surface area contributed by atoms with Crippen LogP contribution in [0.2, 0.25) is 0 Å². The molecule has 0 unspecified atom stereocenters. The van der Waals surface area contributed by atoms with Gasteiger partial charge in [-0.3, -0.25) is 4.79 Å². The average Bonchev–Trinajstić information content (AvgIpc) is 2.51. The van der Waals surface area contributed by atoms with Crippen molar-refractivity contribution in [2.75, 3.05) is 32.8 Å². The minimum absolute atomic E-state index is 0.0494. The number of hydrogen-bond donors (Lipinski definition) is 0. The van der Waals surface area contributed by atoms with E-state index in [2.05, 4.69) is 39.2 Å². The van der Waals surface area contributed by atoms with Gasteiger partial charge in [0.05, 0.1) is 24.9 Å². The third-order valence-corrected chi connectivity index (χ3v) is 4.83. The van der Waals surface area contributed by atoms with Crippen molar-refractivity contribution < 1.29 is 14.3 Å². The van der Waals surface area contributed by atoms with Crippen molar-refractivity contribution in [1.82, 2.24) is 9.80 Å². The lowest BCUT2D eigenvalue weighted by molar-refractivity contribution is -0.188. The number of piperidine rings is 1. The Balaban J connectivity index is 1.93. The molecule has 1 atom stereocenters. The summed E-state index contributed by atoms with van der Waals surface area (Å²) >= 11 is 0. The summed E-state index contributed by atoms with van der Waals surface area (Å²) in [4.78, 5) is 16.8. The van der Waals surface area contributed by atoms with Crippen LogP contribution < -0.4 is 0 Å². The minimum atomic E-state index is -0.498. The van der Waals surface area contributed by atoms with Crippen LogP contribution in [0.3, 0.4) is 0 Å². The molecule has 0 aromatic rings. The summed E-state index contributed by atoms with van der Waals surface area (Å²) in [6, 6.07) is 0.197. The van der Waals surface area contributed by atoms with Gasteiger partial charge in [-0.05, 0) is 40.5 Å². The quantitative estimate of drug-likeness (QED) is 0.702. The molecule has 23 heavy (non-hydrogen) atoms. The summed E-state index contributed by atoms with van der Waals surface area (Å²) in [5.41, 5.74) is -0.216. The van der Waals surface area contributed by atoms with E-state index in [-0.39, 0.29) is 23.7 Å². The van der Waals surface area contributed by atoms with Crippen LogP contribution in [-0.4, -0.2) is 72.3 Å². The van der Waals surface area contributed by atoms with Crippen molar-refractivity contribution in [3.8, 4) is 0 Å². The number of morpholine rings is 1. The number of likely N-dealkylation sites (tertiary alicyclic amines) is 1. The SMILES string of the molecule is C=C[C@@H]1OC2(CCN(CCOC(C)C)CC2)CN(C(C)C)C1=O. The number of nitrogens with zero attached hydrogens (tertiary/aromatic N) is 2. The summed E-state index contributed by atoms with van der Waals surface area (Å²) < 4.78 is 11.8. The molecule has 132 valence electrons. The van der Waals surface area contributed by atoms with Gasteiger partial charge in [-0.25, -0.2) is 0 Å². The summed E-state index contributed by atoms with van der Waals surface area (Å²) in [6.07, 6.45) is 3.33. The fourth-order valence-corrected chi connectivity index (χ4v) is 3.37. The van der Waals surface area contributed by atoms with Crippen LogP contribution in [0.15, 0.2) is 12.7 Å². The first kappa shape index (κ1) is 18.4. The van der Waals surface area contributed by atoms with Crippen LogP contribution in [0.1, 0.15) is 40.5 Å². The van der Waals surface area contributed by atoms with Crippen molar-refractivity contribution in [2.45, 2.75) is 64.4 Å². The predicted molar refractivity (Wildman–Crippen MR) is 91.4 cm³/mol. The molecule has 1 amide bonds. The number of hydrogen-bond acceptors (Lipinski definition) is 4. The fraction of sp³-hybridized carbons (Fsp3) is 0.833. The lowest BCUT2D eigenvalue weighted by Crippen LogP contribution is -2.63. The highest BCUT2D eigenvalue weighted by Gasteiger charge is 2.46. The van der Waals surface area contributed by atoms with Crippen LogP contribution in [0.4, 0.5) is 0 Å². The van der Waals surface area contributed by atoms with Gasteiger partial charge in [-0.15, -0.1) is 0 Å². The van der Waals surface area contributed by atoms with E-state index in [4.69, 9.17) is 9.47 Å². The normalized spacial score (nSPS) is 25.6. The van der Waals surface area contributed by atoms with Crippen molar-refractivity contribution in [3.05, 3.63) is 12.7 Å². The maximum absolute atomic E-state index is 12.4. The van der Waals surface area contributed by atoms with E-state index in [1.165, 1.54) is 0 Å². The molecule has 5 heteroatoms. The van der Waals surface area contributed by atoms with E-state index in [0.717, 1.165) is 39.1 Å². The highest BCUT2D eigenvalue weighted by Crippen LogP contribution is 2.33. The largest absolute Gasteiger partial charge is 0.377 e. The van der Waals surface area contributed by atoms with Crippen molar-refractivity contribution in [1.29, 1.82) is 0 Å². The molecule has 0 saturated carbocycles. The zero-order valence-corrected chi connectivity index (χ0v) is 15.1. The molecule has 1 spiro atoms. The maximum Gasteiger partial charge on any atom is 0.256 e. The Labute approximate surface area is 140 Å². The van der Waals surface area contributed by atoms with E-state index in [9.17, 15) is 4.79 Å². The van der Waals surface area contributed by atoms with Gasteiger partial charge in [-0.2, -0.15) is 0 Å². The van der Waals surface area contributed by atoms with Crippen molar-refractivity contribution in [2.24, 2.45) is 0 Å². The number of amides is 1. The van der Waals surface area contributed by atoms with Gasteiger partial charge < -0.3 is 19.3 Å². The third kappa shape index (κ3) is 4.55. The predicted octanol–water partition coefficient (Wildman–Crippen LogP) is 2.07. The lowest BCUT2D eigenvalue weighted by atomic mass is 9.88. The zero-order valence-electron chi connectivity index (χ0n) is 15.1. The first-order valence-corrected chi connectivity index (χ1v) is 8.82. The van der Waals surface area contributed by atoms with E-state index < -0.39 is 6.10 Å². The first-order chi connectivity index (χ1) is 10.9. The minimum Gasteiger partial charge on any atom is -0.377 e. The number of ether oxygens (including phenoxy) is 2. The summed E-state index contributed by atoms with van der Waals surface area (Å²) in [7, 11) is 0. The number of carbonyl (C=O) groups is 1. The molecule has 0 bridgehead atoms. The molecular formula is C18H32N2O3. The topological polar surface area (TPSA) is 42.0 Å². The molecule has 2 aliphatic rings. The van der Waals surface area contributed by atoms with Gasteiger partial charge in [-0.1, -0.05) is 12.7 Å². The molecule has 2 fully saturated rings. The highest BCUT2D eigenvalue weighted by atomic mass is 16.5. The van der Waals surface area contributed by atoms with Gasteiger partial charge in [0.1, 0.15) is 0 Å². The average molecular weight is 324 g/mol. The molecule has 0 aromatic heterocycles. The molecule has 0 N–H and O–H groups in total. The molecular weight excluding hydrogens is 292 g/mol. The van der Waals surface area contributed by atoms with Gasteiger partial charge >= 0.3 is 0 Å². The Hall–Kier alpha value is -0.910. The van der Waals surface area contributed by atoms with E-state index >= 15 is 0 Å².